The van der Waals surface area contributed by atoms with Crippen LogP contribution in [0.4, 0.5) is 10.1 Å². The van der Waals surface area contributed by atoms with Crippen LogP contribution in [0.5, 0.6) is 0 Å². The molecule has 0 unspecified atom stereocenters. The summed E-state index contributed by atoms with van der Waals surface area (Å²) >= 11 is 0. The summed E-state index contributed by atoms with van der Waals surface area (Å²) < 4.78 is 13.3. The van der Waals surface area contributed by atoms with Gasteiger partial charge in [-0.3, -0.25) is 4.90 Å². The molecule has 0 aliphatic heterocycles. The zero-order chi connectivity index (χ0) is 13.1. The number of nitrogens with zero attached hydrogens (tertiary/aromatic N) is 1. The Bertz CT molecular complexity index is 394. The third-order valence-electron chi connectivity index (χ3n) is 2.74. The lowest BCUT2D eigenvalue weighted by atomic mass is 10.0. The Labute approximate surface area is 103 Å². The van der Waals surface area contributed by atoms with Crippen molar-refractivity contribution >= 4 is 5.69 Å². The second kappa shape index (κ2) is 5.32. The number of rotatable bonds is 4. The van der Waals surface area contributed by atoms with Crippen LogP contribution < -0.4 is 5.73 Å². The summed E-state index contributed by atoms with van der Waals surface area (Å²) in [4.78, 5) is 2.23. The Hall–Kier alpha value is -1.35. The van der Waals surface area contributed by atoms with Gasteiger partial charge < -0.3 is 5.73 Å². The minimum absolute atomic E-state index is 0.0199. The van der Waals surface area contributed by atoms with E-state index in [1.165, 1.54) is 6.07 Å². The number of benzene rings is 1. The van der Waals surface area contributed by atoms with E-state index in [1.54, 1.807) is 6.07 Å². The quantitative estimate of drug-likeness (QED) is 0.642. The van der Waals surface area contributed by atoms with Gasteiger partial charge >= 0.3 is 0 Å². The van der Waals surface area contributed by atoms with Crippen molar-refractivity contribution in [2.24, 2.45) is 0 Å². The highest BCUT2D eigenvalue weighted by Crippen LogP contribution is 2.19. The van der Waals surface area contributed by atoms with Crippen LogP contribution in [-0.2, 0) is 6.54 Å². The molecule has 3 heteroatoms. The highest BCUT2D eigenvalue weighted by atomic mass is 19.1. The first kappa shape index (κ1) is 13.7. The molecule has 0 heterocycles. The summed E-state index contributed by atoms with van der Waals surface area (Å²) in [6.45, 7) is 11.6. The van der Waals surface area contributed by atoms with Crippen LogP contribution in [0.1, 0.15) is 26.3 Å². The summed E-state index contributed by atoms with van der Waals surface area (Å²) in [5.41, 5.74) is 6.60. The van der Waals surface area contributed by atoms with Gasteiger partial charge in [-0.15, -0.1) is 6.58 Å². The van der Waals surface area contributed by atoms with Crippen molar-refractivity contribution in [1.82, 2.24) is 4.90 Å². The van der Waals surface area contributed by atoms with Crippen LogP contribution in [0.3, 0.4) is 0 Å². The molecule has 0 radical (unpaired) electrons. The average molecular weight is 236 g/mol. The maximum absolute atomic E-state index is 13.3. The number of anilines is 1. The molecular formula is C14H21FN2. The highest BCUT2D eigenvalue weighted by Gasteiger charge is 2.20. The van der Waals surface area contributed by atoms with Gasteiger partial charge in [0.15, 0.2) is 0 Å². The summed E-state index contributed by atoms with van der Waals surface area (Å²) in [7, 11) is 0. The van der Waals surface area contributed by atoms with E-state index in [0.717, 1.165) is 12.1 Å². The van der Waals surface area contributed by atoms with Crippen molar-refractivity contribution < 1.29 is 4.39 Å². The fourth-order valence-electron chi connectivity index (χ4n) is 1.62. The van der Waals surface area contributed by atoms with Crippen molar-refractivity contribution in [3.63, 3.8) is 0 Å². The van der Waals surface area contributed by atoms with Gasteiger partial charge in [0.25, 0.3) is 0 Å². The molecule has 0 aliphatic carbocycles. The Morgan fingerprint density at radius 1 is 1.41 bits per heavy atom. The van der Waals surface area contributed by atoms with E-state index in [1.807, 2.05) is 12.1 Å². The standard InChI is InChI=1S/C14H21FN2/c1-5-8-17(14(2,3)4)10-11-6-7-13(16)12(15)9-11/h5-7,9H,1,8,10,16H2,2-4H3. The second-order valence-corrected chi connectivity index (χ2v) is 5.20. The molecule has 94 valence electrons. The molecule has 2 nitrogen and oxygen atoms in total. The first-order chi connectivity index (χ1) is 7.84. The van der Waals surface area contributed by atoms with E-state index in [-0.39, 0.29) is 17.0 Å². The number of halogens is 1. The van der Waals surface area contributed by atoms with Gasteiger partial charge in [0.05, 0.1) is 5.69 Å². The van der Waals surface area contributed by atoms with Gasteiger partial charge in [-0.1, -0.05) is 12.1 Å². The Morgan fingerprint density at radius 2 is 2.06 bits per heavy atom. The van der Waals surface area contributed by atoms with Crippen molar-refractivity contribution in [2.75, 3.05) is 12.3 Å². The number of nitrogen functional groups attached to an aromatic ring is 1. The maximum Gasteiger partial charge on any atom is 0.146 e. The van der Waals surface area contributed by atoms with Crippen LogP contribution in [0.15, 0.2) is 30.9 Å². The highest BCUT2D eigenvalue weighted by molar-refractivity contribution is 5.41. The molecule has 0 aliphatic rings. The summed E-state index contributed by atoms with van der Waals surface area (Å²) in [5.74, 6) is -0.352. The van der Waals surface area contributed by atoms with E-state index < -0.39 is 0 Å². The Kier molecular flexibility index (Phi) is 4.29. The summed E-state index contributed by atoms with van der Waals surface area (Å²) in [5, 5.41) is 0. The summed E-state index contributed by atoms with van der Waals surface area (Å²) in [6, 6.07) is 4.97. The molecule has 0 fully saturated rings. The molecule has 0 bridgehead atoms. The zero-order valence-corrected chi connectivity index (χ0v) is 10.8. The molecule has 17 heavy (non-hydrogen) atoms. The predicted molar refractivity (Wildman–Crippen MR) is 71.2 cm³/mol. The molecule has 1 aromatic carbocycles. The number of hydrogen-bond donors (Lipinski definition) is 1. The molecule has 0 aromatic heterocycles. The van der Waals surface area contributed by atoms with E-state index in [2.05, 4.69) is 32.3 Å². The fraction of sp³-hybridized carbons (Fsp3) is 0.429. The van der Waals surface area contributed by atoms with Gasteiger partial charge in [-0.2, -0.15) is 0 Å². The van der Waals surface area contributed by atoms with E-state index in [9.17, 15) is 4.39 Å². The molecule has 0 atom stereocenters. The molecule has 1 rings (SSSR count). The van der Waals surface area contributed by atoms with Crippen molar-refractivity contribution in [3.05, 3.63) is 42.2 Å². The van der Waals surface area contributed by atoms with Gasteiger partial charge in [-0.25, -0.2) is 4.39 Å². The first-order valence-electron chi connectivity index (χ1n) is 5.74. The zero-order valence-electron chi connectivity index (χ0n) is 10.8. The molecule has 0 amide bonds. The van der Waals surface area contributed by atoms with Crippen molar-refractivity contribution in [3.8, 4) is 0 Å². The predicted octanol–water partition coefficient (Wildman–Crippen LogP) is 3.19. The summed E-state index contributed by atoms with van der Waals surface area (Å²) in [6.07, 6.45) is 1.86. The van der Waals surface area contributed by atoms with Crippen LogP contribution >= 0.6 is 0 Å². The Morgan fingerprint density at radius 3 is 2.53 bits per heavy atom. The minimum atomic E-state index is -0.352. The largest absolute Gasteiger partial charge is 0.396 e. The lowest BCUT2D eigenvalue weighted by molar-refractivity contribution is 0.145. The van der Waals surface area contributed by atoms with E-state index in [4.69, 9.17) is 5.73 Å². The second-order valence-electron chi connectivity index (χ2n) is 5.20. The first-order valence-corrected chi connectivity index (χ1v) is 5.74. The van der Waals surface area contributed by atoms with E-state index >= 15 is 0 Å². The van der Waals surface area contributed by atoms with Gasteiger partial charge in [0.2, 0.25) is 0 Å². The smallest absolute Gasteiger partial charge is 0.146 e. The van der Waals surface area contributed by atoms with Crippen molar-refractivity contribution in [2.45, 2.75) is 32.9 Å². The molecule has 2 N–H and O–H groups in total. The van der Waals surface area contributed by atoms with Crippen LogP contribution in [0.25, 0.3) is 0 Å². The van der Waals surface area contributed by atoms with Gasteiger partial charge in [-0.05, 0) is 38.5 Å². The number of hydrogen-bond acceptors (Lipinski definition) is 2. The fourth-order valence-corrected chi connectivity index (χ4v) is 1.62. The van der Waals surface area contributed by atoms with Gasteiger partial charge in [0, 0.05) is 18.6 Å². The minimum Gasteiger partial charge on any atom is -0.396 e. The van der Waals surface area contributed by atoms with Crippen LogP contribution in [-0.4, -0.2) is 17.0 Å². The monoisotopic (exact) mass is 236 g/mol. The topological polar surface area (TPSA) is 29.3 Å². The normalized spacial score (nSPS) is 11.8. The molecular weight excluding hydrogens is 215 g/mol. The average Bonchev–Trinajstić information content (AvgIpc) is 2.21. The number of nitrogens with two attached hydrogens (primary N) is 1. The van der Waals surface area contributed by atoms with Crippen LogP contribution in [0, 0.1) is 5.82 Å². The Balaban J connectivity index is 2.86. The lowest BCUT2D eigenvalue weighted by Gasteiger charge is -2.34. The lowest BCUT2D eigenvalue weighted by Crippen LogP contribution is -2.40. The molecule has 1 aromatic rings. The van der Waals surface area contributed by atoms with Crippen molar-refractivity contribution in [1.29, 1.82) is 0 Å². The molecule has 0 saturated heterocycles. The third-order valence-corrected chi connectivity index (χ3v) is 2.74. The van der Waals surface area contributed by atoms with Crippen LogP contribution in [0.2, 0.25) is 0 Å². The third kappa shape index (κ3) is 3.86. The SMILES string of the molecule is C=CCN(Cc1ccc(N)c(F)c1)C(C)(C)C. The molecule has 0 saturated carbocycles. The van der Waals surface area contributed by atoms with Gasteiger partial charge in [0.1, 0.15) is 5.82 Å². The van der Waals surface area contributed by atoms with E-state index in [0.29, 0.717) is 6.54 Å². The molecule has 0 spiro atoms. The maximum atomic E-state index is 13.3.